The van der Waals surface area contributed by atoms with E-state index in [0.29, 0.717) is 5.92 Å². The molecule has 1 N–H and O–H groups in total. The maximum atomic E-state index is 4.61. The van der Waals surface area contributed by atoms with E-state index < -0.39 is 0 Å². The second-order valence-electron chi connectivity index (χ2n) is 5.89. The van der Waals surface area contributed by atoms with Crippen LogP contribution in [0, 0.1) is 5.92 Å². The van der Waals surface area contributed by atoms with Crippen LogP contribution in [0.1, 0.15) is 43.7 Å². The van der Waals surface area contributed by atoms with Gasteiger partial charge in [0.1, 0.15) is 0 Å². The van der Waals surface area contributed by atoms with Crippen LogP contribution in [-0.4, -0.2) is 17.0 Å². The molecule has 2 nitrogen and oxygen atoms in total. The molecule has 1 saturated carbocycles. The van der Waals surface area contributed by atoms with Crippen molar-refractivity contribution in [2.24, 2.45) is 10.9 Å². The molecule has 0 aromatic heterocycles. The van der Waals surface area contributed by atoms with Gasteiger partial charge in [-0.2, -0.15) is 0 Å². The predicted octanol–water partition coefficient (Wildman–Crippen LogP) is 3.78. The molecule has 1 aromatic rings. The molecule has 1 aromatic carbocycles. The maximum absolute atomic E-state index is 4.61. The molecular weight excluding hydrogens is 252 g/mol. The van der Waals surface area contributed by atoms with Crippen LogP contribution in [-0.2, 0) is 6.54 Å². The van der Waals surface area contributed by atoms with E-state index in [0.717, 1.165) is 29.4 Å². The van der Waals surface area contributed by atoms with Crippen LogP contribution in [0.3, 0.4) is 0 Å². The summed E-state index contributed by atoms with van der Waals surface area (Å²) < 4.78 is 0. The van der Waals surface area contributed by atoms with Crippen molar-refractivity contribution < 1.29 is 0 Å². The summed E-state index contributed by atoms with van der Waals surface area (Å²) in [6.07, 6.45) is 2.83. The van der Waals surface area contributed by atoms with Crippen molar-refractivity contribution in [1.82, 2.24) is 5.32 Å². The Morgan fingerprint density at radius 2 is 2.00 bits per heavy atom. The van der Waals surface area contributed by atoms with E-state index in [-0.39, 0.29) is 0 Å². The van der Waals surface area contributed by atoms with Gasteiger partial charge in [-0.05, 0) is 35.8 Å². The van der Waals surface area contributed by atoms with Crippen molar-refractivity contribution in [3.05, 3.63) is 35.4 Å². The number of hydrogen-bond donors (Lipinski definition) is 1. The highest BCUT2D eigenvalue weighted by atomic mass is 32.2. The van der Waals surface area contributed by atoms with E-state index >= 15 is 0 Å². The monoisotopic (exact) mass is 274 g/mol. The number of nitrogens with one attached hydrogen (secondary N) is 1. The lowest BCUT2D eigenvalue weighted by Gasteiger charge is -2.09. The highest BCUT2D eigenvalue weighted by molar-refractivity contribution is 8.14. The molecule has 0 spiro atoms. The molecule has 3 heteroatoms. The van der Waals surface area contributed by atoms with E-state index in [2.05, 4.69) is 48.4 Å². The summed E-state index contributed by atoms with van der Waals surface area (Å²) in [6, 6.07) is 8.92. The summed E-state index contributed by atoms with van der Waals surface area (Å²) in [5.74, 6) is 1.55. The van der Waals surface area contributed by atoms with Crippen molar-refractivity contribution in [2.45, 2.75) is 44.4 Å². The Balaban J connectivity index is 1.49. The van der Waals surface area contributed by atoms with E-state index in [1.54, 1.807) is 0 Å². The zero-order chi connectivity index (χ0) is 13.2. The molecule has 1 fully saturated rings. The van der Waals surface area contributed by atoms with Crippen molar-refractivity contribution in [2.75, 3.05) is 6.54 Å². The summed E-state index contributed by atoms with van der Waals surface area (Å²) in [5.41, 5.74) is 2.74. The van der Waals surface area contributed by atoms with Gasteiger partial charge < -0.3 is 5.32 Å². The topological polar surface area (TPSA) is 24.4 Å². The van der Waals surface area contributed by atoms with Gasteiger partial charge in [-0.25, -0.2) is 0 Å². The molecule has 1 aliphatic carbocycles. The van der Waals surface area contributed by atoms with E-state index in [4.69, 9.17) is 0 Å². The van der Waals surface area contributed by atoms with Crippen molar-refractivity contribution >= 4 is 16.9 Å². The average Bonchev–Trinajstić information content (AvgIpc) is 3.16. The van der Waals surface area contributed by atoms with E-state index in [1.165, 1.54) is 24.0 Å². The first-order valence-electron chi connectivity index (χ1n) is 7.26. The molecule has 1 aliphatic heterocycles. The summed E-state index contributed by atoms with van der Waals surface area (Å²) in [7, 11) is 0. The van der Waals surface area contributed by atoms with Crippen LogP contribution in [0.4, 0.5) is 0 Å². The van der Waals surface area contributed by atoms with Gasteiger partial charge in [0.2, 0.25) is 0 Å². The van der Waals surface area contributed by atoms with Gasteiger partial charge in [0, 0.05) is 11.8 Å². The third-order valence-electron chi connectivity index (χ3n) is 3.92. The molecule has 1 atom stereocenters. The number of nitrogens with zero attached hydrogens (tertiary/aromatic N) is 1. The van der Waals surface area contributed by atoms with Gasteiger partial charge in [0.15, 0.2) is 5.17 Å². The van der Waals surface area contributed by atoms with Gasteiger partial charge >= 0.3 is 0 Å². The third kappa shape index (κ3) is 3.33. The molecule has 0 saturated heterocycles. The third-order valence-corrected chi connectivity index (χ3v) is 5.25. The predicted molar refractivity (Wildman–Crippen MR) is 83.8 cm³/mol. The Labute approximate surface area is 120 Å². The number of benzene rings is 1. The van der Waals surface area contributed by atoms with Crippen LogP contribution < -0.4 is 5.32 Å². The Kier molecular flexibility index (Phi) is 3.83. The minimum absolute atomic E-state index is 0.607. The Bertz CT molecular complexity index is 460. The van der Waals surface area contributed by atoms with Gasteiger partial charge in [0.05, 0.1) is 6.54 Å². The molecule has 0 amide bonds. The quantitative estimate of drug-likeness (QED) is 0.903. The minimum atomic E-state index is 0.607. The number of aliphatic imine (C=N–C) groups is 1. The van der Waals surface area contributed by atoms with Gasteiger partial charge in [-0.1, -0.05) is 49.9 Å². The standard InChI is InChI=1S/C16H22N2S/c1-11(2)13-5-3-12(4-6-13)9-17-16-18-10-15(19-16)14-7-8-14/h3-6,11,14-15H,7-10H2,1-2H3,(H,17,18). The number of amidine groups is 1. The highest BCUT2D eigenvalue weighted by Crippen LogP contribution is 2.41. The summed E-state index contributed by atoms with van der Waals surface area (Å²) in [5, 5.41) is 5.37. The fourth-order valence-electron chi connectivity index (χ4n) is 2.40. The van der Waals surface area contributed by atoms with Crippen molar-refractivity contribution in [3.63, 3.8) is 0 Å². The number of thioether (sulfide) groups is 1. The smallest absolute Gasteiger partial charge is 0.157 e. The van der Waals surface area contributed by atoms with E-state index in [1.807, 2.05) is 11.8 Å². The first-order valence-corrected chi connectivity index (χ1v) is 8.14. The van der Waals surface area contributed by atoms with Gasteiger partial charge in [-0.3, -0.25) is 4.99 Å². The fraction of sp³-hybridized carbons (Fsp3) is 0.562. The lowest BCUT2D eigenvalue weighted by atomic mass is 10.0. The molecule has 1 unspecified atom stereocenters. The lowest BCUT2D eigenvalue weighted by molar-refractivity contribution is 0.772. The van der Waals surface area contributed by atoms with Crippen LogP contribution in [0.2, 0.25) is 0 Å². The molecule has 1 heterocycles. The molecule has 3 rings (SSSR count). The molecule has 0 bridgehead atoms. The SMILES string of the molecule is CC(C)c1ccc(CNC2=NCC(C3CC3)S2)cc1. The molecule has 0 radical (unpaired) electrons. The fourth-order valence-corrected chi connectivity index (χ4v) is 3.60. The zero-order valence-corrected chi connectivity index (χ0v) is 12.5. The van der Waals surface area contributed by atoms with Crippen molar-refractivity contribution in [1.29, 1.82) is 0 Å². The maximum Gasteiger partial charge on any atom is 0.157 e. The second-order valence-corrected chi connectivity index (χ2v) is 7.12. The van der Waals surface area contributed by atoms with E-state index in [9.17, 15) is 0 Å². The minimum Gasteiger partial charge on any atom is -0.361 e. The number of hydrogen-bond acceptors (Lipinski definition) is 3. The van der Waals surface area contributed by atoms with Crippen LogP contribution in [0.15, 0.2) is 29.3 Å². The van der Waals surface area contributed by atoms with Gasteiger partial charge in [0.25, 0.3) is 0 Å². The normalized spacial score (nSPS) is 22.7. The average molecular weight is 274 g/mol. The van der Waals surface area contributed by atoms with Gasteiger partial charge in [-0.15, -0.1) is 0 Å². The van der Waals surface area contributed by atoms with Crippen molar-refractivity contribution in [3.8, 4) is 0 Å². The van der Waals surface area contributed by atoms with Crippen LogP contribution in [0.25, 0.3) is 0 Å². The molecule has 19 heavy (non-hydrogen) atoms. The second kappa shape index (κ2) is 5.58. The Morgan fingerprint density at radius 1 is 1.26 bits per heavy atom. The van der Waals surface area contributed by atoms with Crippen LogP contribution in [0.5, 0.6) is 0 Å². The molecular formula is C16H22N2S. The number of rotatable bonds is 4. The first-order chi connectivity index (χ1) is 9.22. The summed E-state index contributed by atoms with van der Waals surface area (Å²) >= 11 is 1.95. The first kappa shape index (κ1) is 13.0. The largest absolute Gasteiger partial charge is 0.361 e. The highest BCUT2D eigenvalue weighted by Gasteiger charge is 2.35. The molecule has 102 valence electrons. The molecule has 2 aliphatic rings. The summed E-state index contributed by atoms with van der Waals surface area (Å²) in [6.45, 7) is 6.37. The zero-order valence-electron chi connectivity index (χ0n) is 11.7. The lowest BCUT2D eigenvalue weighted by Crippen LogP contribution is -2.19. The summed E-state index contributed by atoms with van der Waals surface area (Å²) in [4.78, 5) is 4.61. The Morgan fingerprint density at radius 3 is 2.63 bits per heavy atom. The Hall–Kier alpha value is -0.960. The van der Waals surface area contributed by atoms with Crippen LogP contribution >= 0.6 is 11.8 Å².